The Hall–Kier alpha value is -2.15. The van der Waals surface area contributed by atoms with Crippen LogP contribution in [0.25, 0.3) is 0 Å². The monoisotopic (exact) mass is 277 g/mol. The predicted octanol–water partition coefficient (Wildman–Crippen LogP) is 1.58. The van der Waals surface area contributed by atoms with Crippen LogP contribution in [0.5, 0.6) is 0 Å². The van der Waals surface area contributed by atoms with Gasteiger partial charge in [-0.15, -0.1) is 0 Å². The second kappa shape index (κ2) is 5.66. The Labute approximate surface area is 112 Å². The van der Waals surface area contributed by atoms with Gasteiger partial charge >= 0.3 is 5.97 Å². The van der Waals surface area contributed by atoms with Crippen molar-refractivity contribution in [2.75, 3.05) is 0 Å². The number of hydrogen-bond donors (Lipinski definition) is 2. The summed E-state index contributed by atoms with van der Waals surface area (Å²) in [6, 6.07) is 4.22. The van der Waals surface area contributed by atoms with E-state index in [1.54, 1.807) is 0 Å². The summed E-state index contributed by atoms with van der Waals surface area (Å²) < 4.78 is 0. The van der Waals surface area contributed by atoms with Gasteiger partial charge in [0.1, 0.15) is 15.9 Å². The molecular formula is C12H11N3O3S. The highest BCUT2D eigenvalue weighted by atomic mass is 32.2. The smallest absolute Gasteiger partial charge is 0.335 e. The molecule has 0 saturated heterocycles. The number of aromatic nitrogens is 3. The summed E-state index contributed by atoms with van der Waals surface area (Å²) in [5.74, 6) is -0.429. The van der Waals surface area contributed by atoms with E-state index in [1.807, 2.05) is 6.92 Å². The number of carboxylic acids is 1. The van der Waals surface area contributed by atoms with Crippen molar-refractivity contribution < 1.29 is 9.90 Å². The molecule has 19 heavy (non-hydrogen) atoms. The van der Waals surface area contributed by atoms with Crippen LogP contribution in [0.1, 0.15) is 23.1 Å². The highest BCUT2D eigenvalue weighted by molar-refractivity contribution is 7.99. The molecule has 0 amide bonds. The highest BCUT2D eigenvalue weighted by Gasteiger charge is 2.07. The number of nitrogens with one attached hydrogen (secondary N) is 1. The quantitative estimate of drug-likeness (QED) is 0.824. The number of aryl methyl sites for hydroxylation is 1. The predicted molar refractivity (Wildman–Crippen MR) is 69.6 cm³/mol. The second-order valence-corrected chi connectivity index (χ2v) is 4.71. The Morgan fingerprint density at radius 3 is 2.89 bits per heavy atom. The summed E-state index contributed by atoms with van der Waals surface area (Å²) in [4.78, 5) is 33.2. The molecule has 2 aromatic rings. The maximum atomic E-state index is 11.4. The normalized spacial score (nSPS) is 10.4. The first kappa shape index (κ1) is 13.3. The van der Waals surface area contributed by atoms with Crippen LogP contribution in [0.2, 0.25) is 0 Å². The third kappa shape index (κ3) is 3.41. The topological polar surface area (TPSA) is 95.9 Å². The maximum absolute atomic E-state index is 11.4. The number of carboxylic acid groups (broad SMARTS) is 1. The molecule has 98 valence electrons. The molecule has 0 aliphatic rings. The van der Waals surface area contributed by atoms with Gasteiger partial charge in [0, 0.05) is 18.7 Å². The van der Waals surface area contributed by atoms with Crippen molar-refractivity contribution >= 4 is 17.7 Å². The molecule has 0 radical (unpaired) electrons. The number of H-pyrrole nitrogens is 1. The number of nitrogens with zero attached hydrogens (tertiary/aromatic N) is 2. The van der Waals surface area contributed by atoms with Crippen molar-refractivity contribution in [1.29, 1.82) is 0 Å². The van der Waals surface area contributed by atoms with Gasteiger partial charge in [0.25, 0.3) is 5.56 Å². The second-order valence-electron chi connectivity index (χ2n) is 3.67. The minimum atomic E-state index is -1.02. The molecule has 2 rings (SSSR count). The van der Waals surface area contributed by atoms with Gasteiger partial charge < -0.3 is 10.1 Å². The molecule has 0 fully saturated rings. The fourth-order valence-corrected chi connectivity index (χ4v) is 2.24. The molecule has 2 heterocycles. The number of rotatable bonds is 4. The van der Waals surface area contributed by atoms with Crippen LogP contribution in [0, 0.1) is 0 Å². The molecule has 2 aromatic heterocycles. The molecule has 0 atom stereocenters. The Morgan fingerprint density at radius 2 is 2.21 bits per heavy atom. The third-order valence-electron chi connectivity index (χ3n) is 2.29. The first-order chi connectivity index (χ1) is 9.08. The minimum Gasteiger partial charge on any atom is -0.478 e. The molecule has 0 aliphatic carbocycles. The molecule has 0 bridgehead atoms. The minimum absolute atomic E-state index is 0.151. The number of carbonyl (C=O) groups is 1. The maximum Gasteiger partial charge on any atom is 0.335 e. The van der Waals surface area contributed by atoms with Crippen LogP contribution in [0.15, 0.2) is 39.2 Å². The zero-order valence-electron chi connectivity index (χ0n) is 10.1. The summed E-state index contributed by atoms with van der Waals surface area (Å²) in [7, 11) is 0. The SMILES string of the molecule is CCc1nc(Sc2cc(C(=O)O)ccn2)cc(=O)[nH]1. The molecule has 7 heteroatoms. The molecular weight excluding hydrogens is 266 g/mol. The lowest BCUT2D eigenvalue weighted by Crippen LogP contribution is -2.10. The number of aromatic amines is 1. The van der Waals surface area contributed by atoms with Gasteiger partial charge in [0.2, 0.25) is 0 Å². The number of pyridine rings is 1. The average molecular weight is 277 g/mol. The van der Waals surface area contributed by atoms with E-state index in [-0.39, 0.29) is 11.1 Å². The Bertz CT molecular complexity index is 669. The van der Waals surface area contributed by atoms with E-state index in [1.165, 1.54) is 24.4 Å². The van der Waals surface area contributed by atoms with E-state index >= 15 is 0 Å². The summed E-state index contributed by atoms with van der Waals surface area (Å²) in [6.07, 6.45) is 2.03. The van der Waals surface area contributed by atoms with Crippen LogP contribution in [-0.4, -0.2) is 26.0 Å². The standard InChI is InChI=1S/C12H11N3O3S/c1-2-8-14-9(16)6-11(15-8)19-10-5-7(12(17)18)3-4-13-10/h3-6H,2H2,1H3,(H,17,18)(H,14,15,16). The molecule has 0 aromatic carbocycles. The lowest BCUT2D eigenvalue weighted by Gasteiger charge is -2.02. The largest absolute Gasteiger partial charge is 0.478 e. The Kier molecular flexibility index (Phi) is 3.96. The van der Waals surface area contributed by atoms with E-state index in [0.29, 0.717) is 22.3 Å². The van der Waals surface area contributed by atoms with Crippen molar-refractivity contribution in [3.63, 3.8) is 0 Å². The fraction of sp³-hybridized carbons (Fsp3) is 0.167. The summed E-state index contributed by atoms with van der Waals surface area (Å²) in [5, 5.41) is 9.88. The zero-order chi connectivity index (χ0) is 13.8. The summed E-state index contributed by atoms with van der Waals surface area (Å²) in [6.45, 7) is 1.88. The molecule has 0 saturated carbocycles. The van der Waals surface area contributed by atoms with Gasteiger partial charge in [-0.05, 0) is 23.9 Å². The van der Waals surface area contributed by atoms with Gasteiger partial charge in [-0.25, -0.2) is 14.8 Å². The van der Waals surface area contributed by atoms with E-state index in [9.17, 15) is 9.59 Å². The van der Waals surface area contributed by atoms with Crippen LogP contribution < -0.4 is 5.56 Å². The van der Waals surface area contributed by atoms with Crippen molar-refractivity contribution in [3.05, 3.63) is 46.1 Å². The van der Waals surface area contributed by atoms with Gasteiger partial charge in [-0.1, -0.05) is 6.92 Å². The van der Waals surface area contributed by atoms with Gasteiger partial charge in [-0.2, -0.15) is 0 Å². The van der Waals surface area contributed by atoms with Crippen LogP contribution in [0.3, 0.4) is 0 Å². The lowest BCUT2D eigenvalue weighted by atomic mass is 10.3. The highest BCUT2D eigenvalue weighted by Crippen LogP contribution is 2.23. The van der Waals surface area contributed by atoms with Crippen molar-refractivity contribution in [3.8, 4) is 0 Å². The van der Waals surface area contributed by atoms with E-state index in [0.717, 1.165) is 11.8 Å². The molecule has 0 unspecified atom stereocenters. The third-order valence-corrected chi connectivity index (χ3v) is 3.14. The number of hydrogen-bond acceptors (Lipinski definition) is 5. The molecule has 6 nitrogen and oxygen atoms in total. The van der Waals surface area contributed by atoms with Gasteiger partial charge in [0.05, 0.1) is 5.56 Å². The molecule has 2 N–H and O–H groups in total. The summed E-state index contributed by atoms with van der Waals surface area (Å²) >= 11 is 1.16. The van der Waals surface area contributed by atoms with E-state index in [2.05, 4.69) is 15.0 Å². The number of aromatic carboxylic acids is 1. The van der Waals surface area contributed by atoms with E-state index in [4.69, 9.17) is 5.11 Å². The zero-order valence-corrected chi connectivity index (χ0v) is 10.9. The summed E-state index contributed by atoms with van der Waals surface area (Å²) in [5.41, 5.74) is -0.0817. The molecule has 0 spiro atoms. The first-order valence-corrected chi connectivity index (χ1v) is 6.37. The lowest BCUT2D eigenvalue weighted by molar-refractivity contribution is 0.0696. The Balaban J connectivity index is 2.30. The first-order valence-electron chi connectivity index (χ1n) is 5.56. The van der Waals surface area contributed by atoms with Gasteiger partial charge in [-0.3, -0.25) is 4.79 Å². The van der Waals surface area contributed by atoms with Crippen LogP contribution >= 0.6 is 11.8 Å². The fourth-order valence-electron chi connectivity index (χ4n) is 1.41. The van der Waals surface area contributed by atoms with Crippen LogP contribution in [-0.2, 0) is 6.42 Å². The van der Waals surface area contributed by atoms with Crippen molar-refractivity contribution in [2.45, 2.75) is 23.4 Å². The molecule has 0 aliphatic heterocycles. The van der Waals surface area contributed by atoms with Crippen LogP contribution in [0.4, 0.5) is 0 Å². The van der Waals surface area contributed by atoms with Crippen molar-refractivity contribution in [2.24, 2.45) is 0 Å². The van der Waals surface area contributed by atoms with Crippen molar-refractivity contribution in [1.82, 2.24) is 15.0 Å². The van der Waals surface area contributed by atoms with Gasteiger partial charge in [0.15, 0.2) is 0 Å². The average Bonchev–Trinajstić information content (AvgIpc) is 2.38. The van der Waals surface area contributed by atoms with E-state index < -0.39 is 5.97 Å². The Morgan fingerprint density at radius 1 is 1.42 bits per heavy atom.